The largest absolute Gasteiger partial charge is 0.478 e. The van der Waals surface area contributed by atoms with Gasteiger partial charge in [-0.3, -0.25) is 4.79 Å². The number of Topliss-reactive ketones (excluding diaryl/α,β-unsaturated/α-hetero) is 1. The highest BCUT2D eigenvalue weighted by atomic mass is 16.5. The molecule has 0 saturated carbocycles. The van der Waals surface area contributed by atoms with Crippen LogP contribution in [0.3, 0.4) is 0 Å². The van der Waals surface area contributed by atoms with Crippen LogP contribution in [0, 0.1) is 35.5 Å². The molecule has 0 spiro atoms. The third kappa shape index (κ3) is 19.1. The number of anilines is 6. The van der Waals surface area contributed by atoms with Gasteiger partial charge in [0.2, 0.25) is 17.1 Å². The molecule has 0 fully saturated rings. The minimum absolute atomic E-state index is 0.0514. The number of esters is 1. The topological polar surface area (TPSA) is 109 Å². The van der Waals surface area contributed by atoms with E-state index in [9.17, 15) is 19.5 Å². The van der Waals surface area contributed by atoms with Crippen LogP contribution in [0.25, 0.3) is 0 Å². The van der Waals surface area contributed by atoms with E-state index >= 15 is 0 Å². The Morgan fingerprint density at radius 2 is 0.855 bits per heavy atom. The molecular weight excluding hydrogens is 1030 g/mol. The Balaban J connectivity index is 1.38. The highest BCUT2D eigenvalue weighted by Gasteiger charge is 2.26. The highest BCUT2D eigenvalue weighted by molar-refractivity contribution is 6.18. The lowest BCUT2D eigenvalue weighted by atomic mass is 10.0. The minimum atomic E-state index is -1.27. The van der Waals surface area contributed by atoms with Crippen molar-refractivity contribution in [3.8, 4) is 0 Å². The monoisotopic (exact) mass is 1130 g/mol. The summed E-state index contributed by atoms with van der Waals surface area (Å²) in [6.45, 7) is 36.6. The molecule has 1 aliphatic rings. The van der Waals surface area contributed by atoms with Crippen LogP contribution < -0.4 is 24.2 Å². The fourth-order valence-electron chi connectivity index (χ4n) is 10.8. The van der Waals surface area contributed by atoms with E-state index in [-0.39, 0.29) is 29.1 Å². The normalized spacial score (nSPS) is 12.3. The highest BCUT2D eigenvalue weighted by Crippen LogP contribution is 2.38. The summed E-state index contributed by atoms with van der Waals surface area (Å²) in [5.74, 6) is 0.693. The second-order valence-electron chi connectivity index (χ2n) is 24.8. The van der Waals surface area contributed by atoms with Crippen molar-refractivity contribution in [2.45, 2.75) is 103 Å². The minimum Gasteiger partial charge on any atom is -0.478 e. The molecule has 444 valence electrons. The van der Waals surface area contributed by atoms with Gasteiger partial charge in [0, 0.05) is 153 Å². The Morgan fingerprint density at radius 1 is 0.470 bits per heavy atom. The van der Waals surface area contributed by atoms with E-state index in [1.165, 1.54) is 42.2 Å². The number of hydrogen-bond donors (Lipinski definition) is 1. The molecule has 6 rings (SSSR count). The third-order valence-corrected chi connectivity index (χ3v) is 14.2. The summed E-state index contributed by atoms with van der Waals surface area (Å²) in [5, 5.41) is 9.70. The number of methoxy groups -OCH3 is 1. The van der Waals surface area contributed by atoms with Gasteiger partial charge in [-0.15, -0.1) is 0 Å². The third-order valence-electron chi connectivity index (χ3n) is 14.2. The van der Waals surface area contributed by atoms with E-state index in [0.29, 0.717) is 48.5 Å². The van der Waals surface area contributed by atoms with Gasteiger partial charge in [0.25, 0.3) is 0 Å². The first-order chi connectivity index (χ1) is 39.6. The number of aromatic carboxylic acids is 1. The van der Waals surface area contributed by atoms with E-state index in [0.717, 1.165) is 98.7 Å². The Kier molecular flexibility index (Phi) is 24.5. The number of carbonyl (C=O) groups is 3. The zero-order valence-electron chi connectivity index (χ0n) is 52.4. The molecule has 0 bridgehead atoms. The molecule has 1 N–H and O–H groups in total. The molecule has 0 atom stereocenters. The van der Waals surface area contributed by atoms with Crippen molar-refractivity contribution in [2.75, 3.05) is 92.3 Å². The van der Waals surface area contributed by atoms with Crippen LogP contribution in [0.5, 0.6) is 0 Å². The van der Waals surface area contributed by atoms with Gasteiger partial charge in [-0.25, -0.2) is 14.2 Å². The van der Waals surface area contributed by atoms with E-state index in [1.807, 2.05) is 0 Å². The lowest BCUT2D eigenvalue weighted by molar-refractivity contribution is -0.538. The van der Waals surface area contributed by atoms with Crippen LogP contribution in [-0.2, 0) is 9.47 Å². The first kappa shape index (κ1) is 64.9. The predicted molar refractivity (Wildman–Crippen MR) is 348 cm³/mol. The Bertz CT molecular complexity index is 2980. The fourth-order valence-corrected chi connectivity index (χ4v) is 10.8. The van der Waals surface area contributed by atoms with Crippen molar-refractivity contribution in [3.05, 3.63) is 156 Å². The molecule has 83 heavy (non-hydrogen) atoms. The van der Waals surface area contributed by atoms with Crippen molar-refractivity contribution >= 4 is 74.6 Å². The quantitative estimate of drug-likeness (QED) is 0.0151. The van der Waals surface area contributed by atoms with Crippen LogP contribution in [-0.4, -0.2) is 112 Å². The lowest BCUT2D eigenvalue weighted by Crippen LogP contribution is -2.31. The number of hydrogen-bond acceptors (Lipinski definition) is 9. The molecule has 0 amide bonds. The number of carbonyl (C=O) groups excluding carboxylic acids is 2. The van der Waals surface area contributed by atoms with Gasteiger partial charge in [0.1, 0.15) is 13.1 Å². The van der Waals surface area contributed by atoms with Gasteiger partial charge in [-0.2, -0.15) is 4.58 Å². The molecule has 0 radical (unpaired) electrons. The molecule has 0 aromatic heterocycles. The summed E-state index contributed by atoms with van der Waals surface area (Å²) in [6, 6.07) is 39.7. The maximum absolute atomic E-state index is 13.1. The van der Waals surface area contributed by atoms with Crippen molar-refractivity contribution in [3.63, 3.8) is 0 Å². The van der Waals surface area contributed by atoms with Crippen LogP contribution in [0.1, 0.15) is 134 Å². The summed E-state index contributed by atoms with van der Waals surface area (Å²) >= 11 is 0. The molecule has 0 heterocycles. The zero-order valence-corrected chi connectivity index (χ0v) is 52.4. The summed E-state index contributed by atoms with van der Waals surface area (Å²) in [7, 11) is 1.77. The summed E-state index contributed by atoms with van der Waals surface area (Å²) in [5.41, 5.74) is 10.9. The summed E-state index contributed by atoms with van der Waals surface area (Å²) < 4.78 is 16.0. The van der Waals surface area contributed by atoms with Gasteiger partial charge >= 0.3 is 11.9 Å². The fraction of sp³-hybridized carbons (Fsp3) is 0.451. The molecule has 0 saturated heterocycles. The number of ketones is 1. The molecule has 5 aromatic carbocycles. The van der Waals surface area contributed by atoms with Crippen LogP contribution >= 0.6 is 0 Å². The molecule has 12 heteroatoms. The molecule has 0 aliphatic heterocycles. The molecule has 1 aliphatic carbocycles. The van der Waals surface area contributed by atoms with Gasteiger partial charge in [-0.1, -0.05) is 83.1 Å². The average molecular weight is 1130 g/mol. The molecule has 5 aromatic rings. The molecular formula is C71H96N6O6+2. The van der Waals surface area contributed by atoms with E-state index in [4.69, 9.17) is 9.47 Å². The number of benzene rings is 5. The Labute approximate surface area is 497 Å². The number of nitrogens with zero attached hydrogens (tertiary/aromatic N) is 6. The number of carboxylic acid groups (broad SMARTS) is 1. The van der Waals surface area contributed by atoms with Crippen LogP contribution in [0.15, 0.2) is 140 Å². The van der Waals surface area contributed by atoms with Crippen molar-refractivity contribution in [2.24, 2.45) is 35.5 Å². The first-order valence-corrected chi connectivity index (χ1v) is 30.3. The smallest absolute Gasteiger partial charge is 0.338 e. The lowest BCUT2D eigenvalue weighted by Gasteiger charge is -2.31. The number of carboxylic acids is 1. The Hall–Kier alpha value is -7.31. The Morgan fingerprint density at radius 3 is 1.27 bits per heavy atom. The van der Waals surface area contributed by atoms with Crippen LogP contribution in [0.4, 0.5) is 45.5 Å². The maximum atomic E-state index is 13.1. The average Bonchev–Trinajstić information content (AvgIpc) is 3.64. The summed E-state index contributed by atoms with van der Waals surface area (Å²) in [4.78, 5) is 46.6. The first-order valence-electron chi connectivity index (χ1n) is 30.3. The van der Waals surface area contributed by atoms with Gasteiger partial charge in [0.15, 0.2) is 11.5 Å². The van der Waals surface area contributed by atoms with Gasteiger partial charge in [-0.05, 0) is 134 Å². The van der Waals surface area contributed by atoms with Crippen molar-refractivity contribution in [1.82, 2.24) is 4.58 Å². The van der Waals surface area contributed by atoms with Gasteiger partial charge < -0.3 is 34.2 Å². The van der Waals surface area contributed by atoms with Crippen molar-refractivity contribution in [1.29, 1.82) is 0 Å². The number of allylic oxidation sites excluding steroid dienone is 4. The molecule has 0 unspecified atom stereocenters. The SMILES string of the molecule is COCCCN(CC(C)C)c1ccc([N+](=C2C=CC(=[N+](CC(C)C)CC(C)C)C=C2)c2ccc(N(c3ccc(N(CCCOC(=O)c4ccc(C(C)=O)c(C(=O)O)c4)CC(C)C)cc3)c3ccc(N(CC(C)C)CC(C)C)cc3)cc2)cc1. The zero-order chi connectivity index (χ0) is 60.3. The summed E-state index contributed by atoms with van der Waals surface area (Å²) in [6.07, 6.45) is 10.6. The second-order valence-corrected chi connectivity index (χ2v) is 24.8. The molecule has 12 nitrogen and oxygen atoms in total. The van der Waals surface area contributed by atoms with Crippen LogP contribution in [0.2, 0.25) is 0 Å². The van der Waals surface area contributed by atoms with Gasteiger partial charge in [0.05, 0.1) is 17.7 Å². The van der Waals surface area contributed by atoms with Crippen molar-refractivity contribution < 1.29 is 33.5 Å². The van der Waals surface area contributed by atoms with E-state index < -0.39 is 11.9 Å². The number of ether oxygens (including phenoxy) is 2. The van der Waals surface area contributed by atoms with E-state index in [2.05, 4.69) is 233 Å². The van der Waals surface area contributed by atoms with E-state index in [1.54, 1.807) is 7.11 Å². The standard InChI is InChI=1S/C71H95N6O6/c1-50(2)44-72(39-15-41-82-14)58-18-26-62(27-19-58)76(64-30-22-60(23-31-64)74(46-52(5)6)47-53(7)8)66-34-36-67(37-35-66)77(65-32-24-61(25-33-65)75(48-54(9)10)49-55(11)12)63-28-20-59(21-29-63)73(45-51(3)4)40-16-42-83-71(81)57-17-38-68(56(13)78)69(43-57)70(79)80/h17-38,43,50-55H,15-16,39-42,44-49H2,1-14H3/q+1/p+1. The maximum Gasteiger partial charge on any atom is 0.338 e. The predicted octanol–water partition coefficient (Wildman–Crippen LogP) is 15.6. The number of rotatable bonds is 31. The second kappa shape index (κ2) is 31.4.